The Morgan fingerprint density at radius 1 is 1.39 bits per heavy atom. The summed E-state index contributed by atoms with van der Waals surface area (Å²) in [6.45, 7) is 0.743. The van der Waals surface area contributed by atoms with E-state index in [0.717, 1.165) is 23.1 Å². The Bertz CT molecular complexity index is 411. The molecule has 0 bridgehead atoms. The van der Waals surface area contributed by atoms with Crippen LogP contribution in [0.15, 0.2) is 29.3 Å². The number of hydrogen-bond donors (Lipinski definition) is 2. The van der Waals surface area contributed by atoms with Crippen LogP contribution in [0.2, 0.25) is 5.02 Å². The largest absolute Gasteiger partial charge is 0.354 e. The Morgan fingerprint density at radius 2 is 2.17 bits per heavy atom. The van der Waals surface area contributed by atoms with E-state index in [1.807, 2.05) is 25.2 Å². The predicted octanol–water partition coefficient (Wildman–Crippen LogP) is 2.95. The molecule has 4 heteroatoms. The van der Waals surface area contributed by atoms with Crippen molar-refractivity contribution in [1.29, 1.82) is 0 Å². The molecule has 0 radical (unpaired) electrons. The first kappa shape index (κ1) is 13.2. The normalized spacial score (nSPS) is 16.9. The first-order chi connectivity index (χ1) is 8.78. The van der Waals surface area contributed by atoms with Crippen LogP contribution in [0.4, 0.5) is 0 Å². The van der Waals surface area contributed by atoms with E-state index >= 15 is 0 Å². The van der Waals surface area contributed by atoms with Gasteiger partial charge in [-0.1, -0.05) is 36.6 Å². The van der Waals surface area contributed by atoms with Gasteiger partial charge in [0.25, 0.3) is 0 Å². The molecule has 3 nitrogen and oxygen atoms in total. The molecule has 1 aromatic carbocycles. The monoisotopic (exact) mass is 265 g/mol. The minimum Gasteiger partial charge on any atom is -0.354 e. The van der Waals surface area contributed by atoms with E-state index in [1.165, 1.54) is 25.7 Å². The van der Waals surface area contributed by atoms with Gasteiger partial charge < -0.3 is 10.6 Å². The molecule has 1 saturated carbocycles. The first-order valence-electron chi connectivity index (χ1n) is 6.49. The van der Waals surface area contributed by atoms with Gasteiger partial charge in [0.1, 0.15) is 0 Å². The van der Waals surface area contributed by atoms with Crippen LogP contribution in [-0.2, 0) is 6.54 Å². The summed E-state index contributed by atoms with van der Waals surface area (Å²) in [7, 11) is 1.81. The third-order valence-corrected chi connectivity index (χ3v) is 3.50. The lowest BCUT2D eigenvalue weighted by molar-refractivity contribution is 0.613. The van der Waals surface area contributed by atoms with E-state index in [2.05, 4.69) is 21.7 Å². The quantitative estimate of drug-likeness (QED) is 0.651. The zero-order valence-electron chi connectivity index (χ0n) is 10.7. The van der Waals surface area contributed by atoms with Crippen molar-refractivity contribution in [2.75, 3.05) is 7.05 Å². The van der Waals surface area contributed by atoms with Gasteiger partial charge in [0, 0.05) is 24.7 Å². The highest BCUT2D eigenvalue weighted by molar-refractivity contribution is 6.30. The molecule has 1 aromatic rings. The van der Waals surface area contributed by atoms with E-state index in [9.17, 15) is 0 Å². The molecule has 2 N–H and O–H groups in total. The highest BCUT2D eigenvalue weighted by atomic mass is 35.5. The lowest BCUT2D eigenvalue weighted by Crippen LogP contribution is -2.41. The Hall–Kier alpha value is -1.22. The van der Waals surface area contributed by atoms with Gasteiger partial charge in [-0.15, -0.1) is 0 Å². The maximum atomic E-state index is 5.96. The predicted molar refractivity (Wildman–Crippen MR) is 77.0 cm³/mol. The van der Waals surface area contributed by atoms with E-state index < -0.39 is 0 Å². The summed E-state index contributed by atoms with van der Waals surface area (Å²) < 4.78 is 0. The molecule has 0 heterocycles. The molecule has 0 aliphatic heterocycles. The van der Waals surface area contributed by atoms with Crippen molar-refractivity contribution in [3.63, 3.8) is 0 Å². The van der Waals surface area contributed by atoms with E-state index in [-0.39, 0.29) is 0 Å². The zero-order valence-corrected chi connectivity index (χ0v) is 11.5. The van der Waals surface area contributed by atoms with Gasteiger partial charge in [-0.25, -0.2) is 0 Å². The topological polar surface area (TPSA) is 36.4 Å². The summed E-state index contributed by atoms with van der Waals surface area (Å²) in [5, 5.41) is 7.55. The van der Waals surface area contributed by atoms with Crippen molar-refractivity contribution in [2.45, 2.75) is 38.3 Å². The molecule has 18 heavy (non-hydrogen) atoms. The first-order valence-corrected chi connectivity index (χ1v) is 6.87. The van der Waals surface area contributed by atoms with Crippen LogP contribution in [0, 0.1) is 0 Å². The highest BCUT2D eigenvalue weighted by Crippen LogP contribution is 2.17. The third kappa shape index (κ3) is 3.91. The molecule has 0 spiro atoms. The molecule has 1 fully saturated rings. The molecule has 0 unspecified atom stereocenters. The molecule has 0 atom stereocenters. The lowest BCUT2D eigenvalue weighted by Gasteiger charge is -2.16. The average Bonchev–Trinajstić information content (AvgIpc) is 2.87. The second kappa shape index (κ2) is 6.64. The van der Waals surface area contributed by atoms with Gasteiger partial charge in [-0.2, -0.15) is 0 Å². The molecule has 0 saturated heterocycles. The number of hydrogen-bond acceptors (Lipinski definition) is 1. The summed E-state index contributed by atoms with van der Waals surface area (Å²) in [6, 6.07) is 8.46. The maximum absolute atomic E-state index is 5.96. The summed E-state index contributed by atoms with van der Waals surface area (Å²) >= 11 is 5.96. The molecule has 0 aromatic heterocycles. The van der Waals surface area contributed by atoms with E-state index in [1.54, 1.807) is 0 Å². The molecule has 0 amide bonds. The smallest absolute Gasteiger partial charge is 0.191 e. The van der Waals surface area contributed by atoms with Crippen molar-refractivity contribution >= 4 is 17.6 Å². The minimum atomic E-state index is 0.579. The van der Waals surface area contributed by atoms with E-state index in [0.29, 0.717) is 6.04 Å². The van der Waals surface area contributed by atoms with Gasteiger partial charge in [0.05, 0.1) is 0 Å². The van der Waals surface area contributed by atoms with Gasteiger partial charge in [-0.3, -0.25) is 4.99 Å². The van der Waals surface area contributed by atoms with Gasteiger partial charge in [0.15, 0.2) is 5.96 Å². The Morgan fingerprint density at radius 3 is 2.83 bits per heavy atom. The molecule has 2 rings (SSSR count). The SMILES string of the molecule is CN=C(NCc1cccc(Cl)c1)NC1CCCC1. The van der Waals surface area contributed by atoms with Gasteiger partial charge in [-0.05, 0) is 30.5 Å². The Balaban J connectivity index is 1.83. The van der Waals surface area contributed by atoms with Crippen LogP contribution in [0.3, 0.4) is 0 Å². The maximum Gasteiger partial charge on any atom is 0.191 e. The molecule has 1 aliphatic rings. The standard InChI is InChI=1S/C14H20ClN3/c1-16-14(18-13-7-2-3-8-13)17-10-11-5-4-6-12(15)9-11/h4-6,9,13H,2-3,7-8,10H2,1H3,(H2,16,17,18). The van der Waals surface area contributed by atoms with Crippen LogP contribution in [0.5, 0.6) is 0 Å². The number of guanidine groups is 1. The van der Waals surface area contributed by atoms with Crippen LogP contribution in [0.25, 0.3) is 0 Å². The summed E-state index contributed by atoms with van der Waals surface area (Å²) in [4.78, 5) is 4.25. The summed E-state index contributed by atoms with van der Waals surface area (Å²) in [5.74, 6) is 0.877. The van der Waals surface area contributed by atoms with Gasteiger partial charge >= 0.3 is 0 Å². The second-order valence-electron chi connectivity index (χ2n) is 4.68. The fourth-order valence-corrected chi connectivity index (χ4v) is 2.50. The number of aliphatic imine (C=N–C) groups is 1. The fraction of sp³-hybridized carbons (Fsp3) is 0.500. The summed E-state index contributed by atoms with van der Waals surface area (Å²) in [6.07, 6.45) is 5.14. The number of halogens is 1. The van der Waals surface area contributed by atoms with Crippen LogP contribution < -0.4 is 10.6 Å². The summed E-state index contributed by atoms with van der Waals surface area (Å²) in [5.41, 5.74) is 1.16. The second-order valence-corrected chi connectivity index (χ2v) is 5.12. The molecule has 1 aliphatic carbocycles. The molecule has 98 valence electrons. The van der Waals surface area contributed by atoms with Crippen LogP contribution >= 0.6 is 11.6 Å². The van der Waals surface area contributed by atoms with E-state index in [4.69, 9.17) is 11.6 Å². The van der Waals surface area contributed by atoms with Gasteiger partial charge in [0.2, 0.25) is 0 Å². The van der Waals surface area contributed by atoms with Crippen molar-refractivity contribution in [2.24, 2.45) is 4.99 Å². The zero-order chi connectivity index (χ0) is 12.8. The fourth-order valence-electron chi connectivity index (χ4n) is 2.29. The number of benzene rings is 1. The Labute approximate surface area is 114 Å². The van der Waals surface area contributed by atoms with Crippen molar-refractivity contribution in [3.8, 4) is 0 Å². The average molecular weight is 266 g/mol. The number of nitrogens with zero attached hydrogens (tertiary/aromatic N) is 1. The van der Waals surface area contributed by atoms with Crippen molar-refractivity contribution in [1.82, 2.24) is 10.6 Å². The van der Waals surface area contributed by atoms with Crippen molar-refractivity contribution in [3.05, 3.63) is 34.9 Å². The molecular formula is C14H20ClN3. The third-order valence-electron chi connectivity index (χ3n) is 3.27. The van der Waals surface area contributed by atoms with Crippen molar-refractivity contribution < 1.29 is 0 Å². The minimum absolute atomic E-state index is 0.579. The van der Waals surface area contributed by atoms with Crippen LogP contribution in [0.1, 0.15) is 31.2 Å². The highest BCUT2D eigenvalue weighted by Gasteiger charge is 2.15. The van der Waals surface area contributed by atoms with Crippen LogP contribution in [-0.4, -0.2) is 19.0 Å². The number of rotatable bonds is 3. The lowest BCUT2D eigenvalue weighted by atomic mass is 10.2. The molecular weight excluding hydrogens is 246 g/mol. The Kier molecular flexibility index (Phi) is 4.88. The number of nitrogens with one attached hydrogen (secondary N) is 2.